The lowest BCUT2D eigenvalue weighted by atomic mass is 9.98. The first-order chi connectivity index (χ1) is 23.3. The molecule has 0 aliphatic carbocycles. The summed E-state index contributed by atoms with van der Waals surface area (Å²) in [5.74, 6) is 0.465. The zero-order valence-corrected chi connectivity index (χ0v) is 26.8. The average molecular weight is 645 g/mol. The maximum Gasteiger partial charge on any atom is 0.258 e. The second kappa shape index (κ2) is 13.1. The highest BCUT2D eigenvalue weighted by molar-refractivity contribution is 5.99. The quantitative estimate of drug-likeness (QED) is 0.348. The number of benzene rings is 2. The molecule has 1 fully saturated rings. The molecule has 1 aromatic heterocycles. The van der Waals surface area contributed by atoms with Gasteiger partial charge in [-0.25, -0.2) is 15.0 Å². The minimum Gasteiger partial charge on any atom is -0.367 e. The number of allylic oxidation sites excluding steroid dienone is 4. The van der Waals surface area contributed by atoms with Crippen LogP contribution in [-0.2, 0) is 14.3 Å². The Morgan fingerprint density at radius 1 is 1.04 bits per heavy atom. The molecule has 0 spiro atoms. The monoisotopic (exact) mass is 644 g/mol. The summed E-state index contributed by atoms with van der Waals surface area (Å²) in [7, 11) is 1.54. The van der Waals surface area contributed by atoms with Gasteiger partial charge in [-0.05, 0) is 67.3 Å². The van der Waals surface area contributed by atoms with E-state index in [1.54, 1.807) is 50.8 Å². The highest BCUT2D eigenvalue weighted by Crippen LogP contribution is 2.40. The fourth-order valence-corrected chi connectivity index (χ4v) is 6.43. The lowest BCUT2D eigenvalue weighted by Gasteiger charge is -2.30. The van der Waals surface area contributed by atoms with Crippen LogP contribution in [0.1, 0.15) is 30.9 Å². The molecule has 12 heteroatoms. The van der Waals surface area contributed by atoms with E-state index < -0.39 is 5.60 Å². The number of aromatic nitrogens is 2. The zero-order valence-electron chi connectivity index (χ0n) is 26.8. The molecule has 2 amide bonds. The first-order valence-corrected chi connectivity index (χ1v) is 15.9. The molecule has 0 bridgehead atoms. The van der Waals surface area contributed by atoms with Gasteiger partial charge in [0.1, 0.15) is 5.70 Å². The van der Waals surface area contributed by atoms with E-state index in [-0.39, 0.29) is 18.4 Å². The second-order valence-corrected chi connectivity index (χ2v) is 12.3. The van der Waals surface area contributed by atoms with Crippen molar-refractivity contribution in [3.63, 3.8) is 0 Å². The van der Waals surface area contributed by atoms with Crippen LogP contribution in [0.5, 0.6) is 0 Å². The van der Waals surface area contributed by atoms with E-state index in [2.05, 4.69) is 43.7 Å². The number of amides is 2. The summed E-state index contributed by atoms with van der Waals surface area (Å²) in [4.78, 5) is 39.5. The van der Waals surface area contributed by atoms with Crippen LogP contribution in [0, 0.1) is 0 Å². The highest BCUT2D eigenvalue weighted by atomic mass is 16.5. The van der Waals surface area contributed by atoms with Crippen LogP contribution < -0.4 is 5.32 Å². The number of methoxy groups -OCH3 is 1. The molecule has 4 aliphatic rings. The summed E-state index contributed by atoms with van der Waals surface area (Å²) in [5, 5.41) is 22.5. The van der Waals surface area contributed by atoms with Crippen molar-refractivity contribution in [2.24, 2.45) is 10.2 Å². The first-order valence-electron chi connectivity index (χ1n) is 15.9. The molecule has 2 N–H and O–H groups in total. The van der Waals surface area contributed by atoms with Crippen LogP contribution in [0.4, 0.5) is 11.4 Å². The SMILES string of the molecule is CO[C@@]1(C(=O)Nc2ccc3c(c2)/C(=C2/C=CN(O)C(C)=C2)N=N3)CCN(CC(=O)N2CC=C(c3ccc(-c4ncccn4)cc3)CC2)C1. The van der Waals surface area contributed by atoms with Crippen LogP contribution in [0.3, 0.4) is 0 Å². The Hall–Kier alpha value is -5.30. The fourth-order valence-electron chi connectivity index (χ4n) is 6.43. The molecule has 0 saturated carbocycles. The number of carbonyl (C=O) groups excluding carboxylic acids is 2. The number of hydrogen-bond donors (Lipinski definition) is 2. The van der Waals surface area contributed by atoms with Gasteiger partial charge in [-0.1, -0.05) is 30.3 Å². The third-order valence-corrected chi connectivity index (χ3v) is 9.28. The summed E-state index contributed by atoms with van der Waals surface area (Å²) in [5.41, 5.74) is 6.42. The molecule has 2 aromatic carbocycles. The molecular formula is C36H36N8O4. The molecule has 4 aliphatic heterocycles. The van der Waals surface area contributed by atoms with Crippen molar-refractivity contribution in [1.82, 2.24) is 24.8 Å². The van der Waals surface area contributed by atoms with E-state index >= 15 is 0 Å². The van der Waals surface area contributed by atoms with E-state index in [9.17, 15) is 14.8 Å². The molecule has 3 aromatic rings. The lowest BCUT2D eigenvalue weighted by molar-refractivity contribution is -0.138. The van der Waals surface area contributed by atoms with Crippen molar-refractivity contribution < 1.29 is 19.5 Å². The normalized spacial score (nSPS) is 22.1. The number of nitrogens with zero attached hydrogens (tertiary/aromatic N) is 7. The Morgan fingerprint density at radius 2 is 1.83 bits per heavy atom. The number of carbonyl (C=O) groups is 2. The van der Waals surface area contributed by atoms with Gasteiger partial charge < -0.3 is 15.0 Å². The number of anilines is 1. The van der Waals surface area contributed by atoms with Crippen molar-refractivity contribution in [2.75, 3.05) is 45.2 Å². The van der Waals surface area contributed by atoms with Crippen molar-refractivity contribution in [1.29, 1.82) is 0 Å². The molecule has 5 heterocycles. The Labute approximate surface area is 278 Å². The van der Waals surface area contributed by atoms with Crippen LogP contribution >= 0.6 is 0 Å². The first kappa shape index (κ1) is 31.3. The summed E-state index contributed by atoms with van der Waals surface area (Å²) in [6, 6.07) is 15.5. The van der Waals surface area contributed by atoms with Gasteiger partial charge >= 0.3 is 0 Å². The van der Waals surface area contributed by atoms with E-state index in [4.69, 9.17) is 4.74 Å². The van der Waals surface area contributed by atoms with Crippen LogP contribution in [0.25, 0.3) is 22.7 Å². The smallest absolute Gasteiger partial charge is 0.258 e. The minimum atomic E-state index is -1.09. The molecule has 48 heavy (non-hydrogen) atoms. The molecule has 0 unspecified atom stereocenters. The number of ether oxygens (including phenoxy) is 1. The predicted octanol–water partition coefficient (Wildman–Crippen LogP) is 5.42. The van der Waals surface area contributed by atoms with Gasteiger partial charge in [-0.3, -0.25) is 19.7 Å². The summed E-state index contributed by atoms with van der Waals surface area (Å²) in [6.07, 6.45) is 12.0. The zero-order chi connectivity index (χ0) is 33.3. The van der Waals surface area contributed by atoms with Gasteiger partial charge in [0.2, 0.25) is 5.91 Å². The fraction of sp³-hybridized carbons (Fsp3) is 0.278. The standard InChI is InChI=1S/C36H36N8O4/c1-24-20-28(12-18-44(24)47)33-30-21-29(8-9-31(30)40-41-33)39-35(46)36(48-2)13-19-42(23-36)22-32(45)43-16-10-26(11-17-43)25-4-6-27(7-5-25)34-37-14-3-15-38-34/h3-10,12,14-15,18,20-21,47H,11,13,16-17,19,22-23H2,1-2H3,(H,39,46)/b33-28+/t36-/m0/s1. The van der Waals surface area contributed by atoms with Gasteiger partial charge in [0.25, 0.3) is 5.91 Å². The molecule has 0 radical (unpaired) electrons. The Bertz CT molecular complexity index is 1900. The average Bonchev–Trinajstić information content (AvgIpc) is 3.75. The van der Waals surface area contributed by atoms with E-state index in [0.717, 1.165) is 33.7 Å². The molecule has 1 saturated heterocycles. The summed E-state index contributed by atoms with van der Waals surface area (Å²) >= 11 is 0. The van der Waals surface area contributed by atoms with Crippen LogP contribution in [0.2, 0.25) is 0 Å². The van der Waals surface area contributed by atoms with Gasteiger partial charge in [0.05, 0.1) is 12.2 Å². The molecule has 1 atom stereocenters. The maximum atomic E-state index is 13.7. The summed E-state index contributed by atoms with van der Waals surface area (Å²) < 4.78 is 5.83. The minimum absolute atomic E-state index is 0.0336. The third kappa shape index (κ3) is 6.20. The van der Waals surface area contributed by atoms with Crippen LogP contribution in [0.15, 0.2) is 107 Å². The molecule has 244 valence electrons. The highest BCUT2D eigenvalue weighted by Gasteiger charge is 2.45. The largest absolute Gasteiger partial charge is 0.367 e. The molecule has 12 nitrogen and oxygen atoms in total. The van der Waals surface area contributed by atoms with Crippen molar-refractivity contribution >= 4 is 34.5 Å². The van der Waals surface area contributed by atoms with Gasteiger partial charge in [0, 0.05) is 80.0 Å². The van der Waals surface area contributed by atoms with E-state index in [1.807, 2.05) is 40.1 Å². The Kier molecular flexibility index (Phi) is 8.52. The summed E-state index contributed by atoms with van der Waals surface area (Å²) in [6.45, 7) is 4.07. The lowest BCUT2D eigenvalue weighted by Crippen LogP contribution is -2.48. The van der Waals surface area contributed by atoms with Gasteiger partial charge in [-0.2, -0.15) is 0 Å². The number of rotatable bonds is 7. The van der Waals surface area contributed by atoms with Crippen molar-refractivity contribution in [3.8, 4) is 11.4 Å². The molecular weight excluding hydrogens is 608 g/mol. The number of azo groups is 1. The van der Waals surface area contributed by atoms with Gasteiger partial charge in [0.15, 0.2) is 11.4 Å². The second-order valence-electron chi connectivity index (χ2n) is 12.3. The number of likely N-dealkylation sites (tertiary alicyclic amines) is 1. The van der Waals surface area contributed by atoms with Gasteiger partial charge in [-0.15, -0.1) is 10.2 Å². The Morgan fingerprint density at radius 3 is 2.56 bits per heavy atom. The maximum absolute atomic E-state index is 13.7. The van der Waals surface area contributed by atoms with E-state index in [0.29, 0.717) is 61.2 Å². The van der Waals surface area contributed by atoms with Crippen LogP contribution in [-0.4, -0.2) is 87.3 Å². The number of fused-ring (bicyclic) bond motifs is 1. The number of nitrogens with one attached hydrogen (secondary N) is 1. The van der Waals surface area contributed by atoms with Crippen molar-refractivity contribution in [2.45, 2.75) is 25.4 Å². The topological polar surface area (TPSA) is 136 Å². The van der Waals surface area contributed by atoms with Crippen molar-refractivity contribution in [3.05, 3.63) is 108 Å². The number of hydrogen-bond acceptors (Lipinski definition) is 10. The third-order valence-electron chi connectivity index (χ3n) is 9.28. The Balaban J connectivity index is 0.957. The predicted molar refractivity (Wildman–Crippen MR) is 180 cm³/mol. The van der Waals surface area contributed by atoms with E-state index in [1.165, 1.54) is 5.57 Å². The number of hydroxylamine groups is 2. The molecule has 7 rings (SSSR count).